The van der Waals surface area contributed by atoms with Crippen molar-refractivity contribution in [1.29, 1.82) is 0 Å². The lowest BCUT2D eigenvalue weighted by Crippen LogP contribution is -2.31. The maximum absolute atomic E-state index is 11.1. The third-order valence-corrected chi connectivity index (χ3v) is 3.29. The molecule has 1 unspecified atom stereocenters. The normalized spacial score (nSPS) is 24.4. The van der Waals surface area contributed by atoms with Crippen LogP contribution in [0.1, 0.15) is 17.7 Å². The Labute approximate surface area is 89.6 Å². The molecule has 0 spiro atoms. The number of carboxylic acids is 1. The minimum atomic E-state index is -1.06. The maximum atomic E-state index is 11.1. The summed E-state index contributed by atoms with van der Waals surface area (Å²) in [5.41, 5.74) is 1.44. The van der Waals surface area contributed by atoms with Gasteiger partial charge < -0.3 is 5.11 Å². The minimum absolute atomic E-state index is 0.423. The Morgan fingerprint density at radius 2 is 2.43 bits per heavy atom. The molecular weight excluding hydrogens is 246 g/mol. The number of halogens is 1. The van der Waals surface area contributed by atoms with Crippen molar-refractivity contribution in [3.63, 3.8) is 0 Å². The summed E-state index contributed by atoms with van der Waals surface area (Å²) in [6, 6.07) is 3.65. The Bertz CT molecular complexity index is 416. The van der Waals surface area contributed by atoms with Crippen molar-refractivity contribution in [2.75, 3.05) is 0 Å². The van der Waals surface area contributed by atoms with Gasteiger partial charge in [0.25, 0.3) is 0 Å². The molecule has 0 bridgehead atoms. The van der Waals surface area contributed by atoms with Crippen molar-refractivity contribution < 1.29 is 9.90 Å². The highest BCUT2D eigenvalue weighted by Gasteiger charge is 2.40. The standard InChI is InChI=1S/C10H8BrNO2/c11-10(9(13)14)5-1-3-7-4-2-6-12-8(7)10/h1-4,6H,5H2,(H,13,14). The fraction of sp³-hybridized carbons (Fsp3) is 0.200. The zero-order valence-electron chi connectivity index (χ0n) is 7.27. The lowest BCUT2D eigenvalue weighted by molar-refractivity contribution is -0.139. The van der Waals surface area contributed by atoms with Crippen molar-refractivity contribution in [1.82, 2.24) is 4.98 Å². The fourth-order valence-corrected chi connectivity index (χ4v) is 2.04. The molecule has 3 nitrogen and oxygen atoms in total. The Kier molecular flexibility index (Phi) is 2.15. The van der Waals surface area contributed by atoms with Gasteiger partial charge in [0.15, 0.2) is 4.32 Å². The molecule has 1 heterocycles. The summed E-state index contributed by atoms with van der Waals surface area (Å²) in [6.45, 7) is 0. The van der Waals surface area contributed by atoms with Gasteiger partial charge in [0.2, 0.25) is 0 Å². The number of carboxylic acid groups (broad SMARTS) is 1. The first-order chi connectivity index (χ1) is 6.64. The second-order valence-electron chi connectivity index (χ2n) is 3.15. The highest BCUT2D eigenvalue weighted by Crippen LogP contribution is 2.39. The topological polar surface area (TPSA) is 50.2 Å². The summed E-state index contributed by atoms with van der Waals surface area (Å²) in [5, 5.41) is 9.12. The zero-order chi connectivity index (χ0) is 10.2. The minimum Gasteiger partial charge on any atom is -0.480 e. The number of aliphatic carboxylic acids is 1. The van der Waals surface area contributed by atoms with Gasteiger partial charge in [0.05, 0.1) is 5.69 Å². The molecule has 0 radical (unpaired) electrons. The average Bonchev–Trinajstić information content (AvgIpc) is 2.18. The molecule has 1 N–H and O–H groups in total. The molecule has 0 fully saturated rings. The molecule has 0 saturated carbocycles. The molecule has 0 aliphatic heterocycles. The van der Waals surface area contributed by atoms with Crippen molar-refractivity contribution in [3.8, 4) is 0 Å². The quantitative estimate of drug-likeness (QED) is 0.781. The van der Waals surface area contributed by atoms with Crippen molar-refractivity contribution >= 4 is 28.0 Å². The Morgan fingerprint density at radius 1 is 1.64 bits per heavy atom. The molecule has 0 aromatic carbocycles. The summed E-state index contributed by atoms with van der Waals surface area (Å²) in [6.07, 6.45) is 5.76. The lowest BCUT2D eigenvalue weighted by Gasteiger charge is -2.25. The summed E-state index contributed by atoms with van der Waals surface area (Å²) in [4.78, 5) is 15.2. The number of alkyl halides is 1. The third-order valence-electron chi connectivity index (χ3n) is 2.25. The van der Waals surface area contributed by atoms with Gasteiger partial charge in [-0.1, -0.05) is 34.1 Å². The van der Waals surface area contributed by atoms with Crippen LogP contribution in [-0.2, 0) is 9.12 Å². The first-order valence-electron chi connectivity index (χ1n) is 4.19. The smallest absolute Gasteiger partial charge is 0.326 e. The molecule has 1 aliphatic rings. The van der Waals surface area contributed by atoms with E-state index in [2.05, 4.69) is 20.9 Å². The van der Waals surface area contributed by atoms with E-state index in [-0.39, 0.29) is 0 Å². The number of aromatic nitrogens is 1. The lowest BCUT2D eigenvalue weighted by atomic mass is 9.91. The number of allylic oxidation sites excluding steroid dienone is 1. The van der Waals surface area contributed by atoms with E-state index >= 15 is 0 Å². The van der Waals surface area contributed by atoms with Gasteiger partial charge in [-0.05, 0) is 18.1 Å². The van der Waals surface area contributed by atoms with Gasteiger partial charge in [-0.15, -0.1) is 0 Å². The maximum Gasteiger partial charge on any atom is 0.326 e. The third kappa shape index (κ3) is 1.26. The van der Waals surface area contributed by atoms with Crippen LogP contribution >= 0.6 is 15.9 Å². The summed E-state index contributed by atoms with van der Waals surface area (Å²) in [7, 11) is 0. The van der Waals surface area contributed by atoms with E-state index in [1.165, 1.54) is 0 Å². The van der Waals surface area contributed by atoms with Gasteiger partial charge in [-0.2, -0.15) is 0 Å². The molecule has 0 saturated heterocycles. The Hall–Kier alpha value is -1.16. The number of fused-ring (bicyclic) bond motifs is 1. The van der Waals surface area contributed by atoms with Crippen LogP contribution in [-0.4, -0.2) is 16.1 Å². The first-order valence-corrected chi connectivity index (χ1v) is 4.98. The van der Waals surface area contributed by atoms with E-state index in [4.69, 9.17) is 5.11 Å². The van der Waals surface area contributed by atoms with Crippen LogP contribution in [0.15, 0.2) is 24.4 Å². The number of hydrogen-bond acceptors (Lipinski definition) is 2. The zero-order valence-corrected chi connectivity index (χ0v) is 8.86. The fourth-order valence-electron chi connectivity index (χ4n) is 1.52. The number of pyridine rings is 1. The first kappa shape index (κ1) is 9.40. The van der Waals surface area contributed by atoms with Crippen LogP contribution in [0.2, 0.25) is 0 Å². The second-order valence-corrected chi connectivity index (χ2v) is 4.51. The molecule has 1 aromatic rings. The number of nitrogens with zero attached hydrogens (tertiary/aromatic N) is 1. The number of rotatable bonds is 1. The van der Waals surface area contributed by atoms with E-state index in [0.717, 1.165) is 5.56 Å². The van der Waals surface area contributed by atoms with Gasteiger partial charge in [-0.25, -0.2) is 0 Å². The van der Waals surface area contributed by atoms with Crippen molar-refractivity contribution in [2.24, 2.45) is 0 Å². The SMILES string of the molecule is O=C(O)C1(Br)CC=Cc2cccnc21. The summed E-state index contributed by atoms with van der Waals surface area (Å²) in [5.74, 6) is -0.901. The van der Waals surface area contributed by atoms with Gasteiger partial charge >= 0.3 is 5.97 Å². The van der Waals surface area contributed by atoms with Crippen LogP contribution < -0.4 is 0 Å². The van der Waals surface area contributed by atoms with Gasteiger partial charge in [0, 0.05) is 6.20 Å². The van der Waals surface area contributed by atoms with Crippen LogP contribution in [0, 0.1) is 0 Å². The number of carbonyl (C=O) groups is 1. The summed E-state index contributed by atoms with van der Waals surface area (Å²) < 4.78 is -1.06. The van der Waals surface area contributed by atoms with E-state index in [9.17, 15) is 4.79 Å². The van der Waals surface area contributed by atoms with E-state index in [1.54, 1.807) is 12.3 Å². The molecular formula is C10H8BrNO2. The highest BCUT2D eigenvalue weighted by molar-refractivity contribution is 9.10. The predicted octanol–water partition coefficient (Wildman–Crippen LogP) is 2.17. The van der Waals surface area contributed by atoms with E-state index in [0.29, 0.717) is 12.1 Å². The average molecular weight is 254 g/mol. The predicted molar refractivity (Wildman–Crippen MR) is 56.1 cm³/mol. The van der Waals surface area contributed by atoms with Crippen LogP contribution in [0.4, 0.5) is 0 Å². The molecule has 14 heavy (non-hydrogen) atoms. The van der Waals surface area contributed by atoms with Crippen LogP contribution in [0.5, 0.6) is 0 Å². The van der Waals surface area contributed by atoms with Gasteiger partial charge in [-0.3, -0.25) is 9.78 Å². The monoisotopic (exact) mass is 253 g/mol. The molecule has 0 amide bonds. The molecule has 1 aliphatic carbocycles. The van der Waals surface area contributed by atoms with Crippen LogP contribution in [0.3, 0.4) is 0 Å². The van der Waals surface area contributed by atoms with Crippen molar-refractivity contribution in [2.45, 2.75) is 10.7 Å². The van der Waals surface area contributed by atoms with E-state index in [1.807, 2.05) is 18.2 Å². The van der Waals surface area contributed by atoms with Crippen LogP contribution in [0.25, 0.3) is 6.08 Å². The Balaban J connectivity index is 2.61. The molecule has 2 rings (SSSR count). The number of hydrogen-bond donors (Lipinski definition) is 1. The van der Waals surface area contributed by atoms with Crippen molar-refractivity contribution in [3.05, 3.63) is 35.7 Å². The molecule has 1 aromatic heterocycles. The summed E-state index contributed by atoms with van der Waals surface area (Å²) >= 11 is 3.25. The second kappa shape index (κ2) is 3.20. The molecule has 72 valence electrons. The highest BCUT2D eigenvalue weighted by atomic mass is 79.9. The molecule has 4 heteroatoms. The van der Waals surface area contributed by atoms with E-state index < -0.39 is 10.3 Å². The molecule has 1 atom stereocenters. The Morgan fingerprint density at radius 3 is 3.14 bits per heavy atom. The van der Waals surface area contributed by atoms with Gasteiger partial charge in [0.1, 0.15) is 0 Å². The largest absolute Gasteiger partial charge is 0.480 e.